The highest BCUT2D eigenvalue weighted by Crippen LogP contribution is 2.24. The highest BCUT2D eigenvalue weighted by Gasteiger charge is 2.36. The molecule has 0 radical (unpaired) electrons. The number of nitrogens with zero attached hydrogens (tertiary/aromatic N) is 1. The fourth-order valence-corrected chi connectivity index (χ4v) is 2.77. The summed E-state index contributed by atoms with van der Waals surface area (Å²) < 4.78 is 10.6. The molecule has 8 heteroatoms. The summed E-state index contributed by atoms with van der Waals surface area (Å²) in [6.07, 6.45) is 1.44. The van der Waals surface area contributed by atoms with Gasteiger partial charge in [0.25, 0.3) is 11.8 Å². The van der Waals surface area contributed by atoms with E-state index in [-0.39, 0.29) is 5.57 Å². The Balaban J connectivity index is 1.87. The molecule has 1 heterocycles. The number of benzene rings is 2. The lowest BCUT2D eigenvalue weighted by Gasteiger charge is -2.26. The monoisotopic (exact) mass is 444 g/mol. The van der Waals surface area contributed by atoms with E-state index in [2.05, 4.69) is 21.2 Å². The zero-order chi connectivity index (χ0) is 20.1. The van der Waals surface area contributed by atoms with Crippen molar-refractivity contribution >= 4 is 45.5 Å². The number of nitrogens with one attached hydrogen (secondary N) is 1. The third kappa shape index (κ3) is 4.23. The summed E-state index contributed by atoms with van der Waals surface area (Å²) >= 11 is 3.28. The molecule has 7 nitrogen and oxygen atoms in total. The van der Waals surface area contributed by atoms with Crippen LogP contribution in [0.15, 0.2) is 54.1 Å². The summed E-state index contributed by atoms with van der Waals surface area (Å²) in [6.45, 7) is 0.528. The Bertz CT molecular complexity index is 923. The number of amides is 4. The number of alkyl halides is 1. The van der Waals surface area contributed by atoms with Crippen LogP contribution in [0.25, 0.3) is 6.08 Å². The molecule has 2 aromatic carbocycles. The van der Waals surface area contributed by atoms with Crippen LogP contribution in [0.5, 0.6) is 11.5 Å². The Morgan fingerprint density at radius 3 is 2.25 bits per heavy atom. The van der Waals surface area contributed by atoms with Crippen molar-refractivity contribution in [3.8, 4) is 11.5 Å². The van der Waals surface area contributed by atoms with Crippen LogP contribution >= 0.6 is 15.9 Å². The minimum Gasteiger partial charge on any atom is -0.497 e. The topological polar surface area (TPSA) is 84.9 Å². The Kier molecular flexibility index (Phi) is 6.10. The maximum absolute atomic E-state index is 12.8. The Labute approximate surface area is 170 Å². The smallest absolute Gasteiger partial charge is 0.335 e. The molecule has 1 saturated heterocycles. The summed E-state index contributed by atoms with van der Waals surface area (Å²) in [6, 6.07) is 12.5. The van der Waals surface area contributed by atoms with E-state index in [1.165, 1.54) is 13.2 Å². The van der Waals surface area contributed by atoms with Crippen LogP contribution in [-0.2, 0) is 9.59 Å². The van der Waals surface area contributed by atoms with Crippen LogP contribution in [0.4, 0.5) is 10.5 Å². The number of imide groups is 2. The van der Waals surface area contributed by atoms with E-state index in [0.29, 0.717) is 34.7 Å². The molecule has 0 saturated carbocycles. The first-order valence-electron chi connectivity index (χ1n) is 8.38. The molecule has 28 heavy (non-hydrogen) atoms. The van der Waals surface area contributed by atoms with Gasteiger partial charge in [-0.3, -0.25) is 14.9 Å². The van der Waals surface area contributed by atoms with Gasteiger partial charge in [0.2, 0.25) is 0 Å². The maximum Gasteiger partial charge on any atom is 0.335 e. The number of methoxy groups -OCH3 is 1. The molecule has 1 fully saturated rings. The number of hydrogen-bond donors (Lipinski definition) is 1. The molecule has 0 unspecified atom stereocenters. The van der Waals surface area contributed by atoms with E-state index in [9.17, 15) is 14.4 Å². The third-order valence-corrected chi connectivity index (χ3v) is 4.29. The van der Waals surface area contributed by atoms with E-state index in [0.717, 1.165) is 4.90 Å². The van der Waals surface area contributed by atoms with Gasteiger partial charge in [-0.1, -0.05) is 28.1 Å². The minimum atomic E-state index is -0.796. The van der Waals surface area contributed by atoms with Crippen molar-refractivity contribution in [2.24, 2.45) is 0 Å². The molecule has 2 aromatic rings. The quantitative estimate of drug-likeness (QED) is 0.420. The molecule has 144 valence electrons. The summed E-state index contributed by atoms with van der Waals surface area (Å²) in [5, 5.41) is 2.91. The predicted octanol–water partition coefficient (Wildman–Crippen LogP) is 3.14. The van der Waals surface area contributed by atoms with E-state index >= 15 is 0 Å². The second-order valence-corrected chi connectivity index (χ2v) is 6.56. The summed E-state index contributed by atoms with van der Waals surface area (Å²) in [7, 11) is 1.52. The fraction of sp³-hybridized carbons (Fsp3) is 0.150. The Morgan fingerprint density at radius 1 is 1.00 bits per heavy atom. The van der Waals surface area contributed by atoms with Gasteiger partial charge in [-0.25, -0.2) is 9.69 Å². The lowest BCUT2D eigenvalue weighted by molar-refractivity contribution is -0.122. The molecule has 0 aliphatic carbocycles. The zero-order valence-corrected chi connectivity index (χ0v) is 16.6. The SMILES string of the molecule is COc1ccc(N2C(=O)NC(=O)/C(=C\c3ccc(OCCBr)cc3)C2=O)cc1. The van der Waals surface area contributed by atoms with Gasteiger partial charge in [0.1, 0.15) is 17.1 Å². The van der Waals surface area contributed by atoms with Crippen molar-refractivity contribution in [3.63, 3.8) is 0 Å². The summed E-state index contributed by atoms with van der Waals surface area (Å²) in [5.74, 6) is -0.170. The summed E-state index contributed by atoms with van der Waals surface area (Å²) in [5.41, 5.74) is 0.832. The van der Waals surface area contributed by atoms with Gasteiger partial charge in [-0.15, -0.1) is 0 Å². The first-order valence-corrected chi connectivity index (χ1v) is 9.50. The van der Waals surface area contributed by atoms with Crippen LogP contribution in [-0.4, -0.2) is 36.9 Å². The Hall–Kier alpha value is -3.13. The third-order valence-electron chi connectivity index (χ3n) is 3.97. The molecular weight excluding hydrogens is 428 g/mol. The van der Waals surface area contributed by atoms with Crippen molar-refractivity contribution in [3.05, 3.63) is 59.7 Å². The van der Waals surface area contributed by atoms with Crippen LogP contribution < -0.4 is 19.7 Å². The fourth-order valence-electron chi connectivity index (χ4n) is 2.61. The van der Waals surface area contributed by atoms with Crippen LogP contribution in [0.1, 0.15) is 5.56 Å². The van der Waals surface area contributed by atoms with Crippen molar-refractivity contribution in [2.75, 3.05) is 23.9 Å². The average molecular weight is 445 g/mol. The number of rotatable bonds is 6. The highest BCUT2D eigenvalue weighted by molar-refractivity contribution is 9.09. The zero-order valence-electron chi connectivity index (χ0n) is 15.0. The number of ether oxygens (including phenoxy) is 2. The number of halogens is 1. The van der Waals surface area contributed by atoms with Gasteiger partial charge in [0.05, 0.1) is 19.4 Å². The van der Waals surface area contributed by atoms with Gasteiger partial charge in [0, 0.05) is 5.33 Å². The van der Waals surface area contributed by atoms with E-state index in [1.54, 1.807) is 48.5 Å². The lowest BCUT2D eigenvalue weighted by atomic mass is 10.1. The second-order valence-electron chi connectivity index (χ2n) is 5.76. The van der Waals surface area contributed by atoms with Gasteiger partial charge < -0.3 is 9.47 Å². The normalized spacial score (nSPS) is 15.6. The molecular formula is C20H17BrN2O5. The van der Waals surface area contributed by atoms with Crippen molar-refractivity contribution in [1.82, 2.24) is 5.32 Å². The van der Waals surface area contributed by atoms with Crippen LogP contribution in [0.2, 0.25) is 0 Å². The van der Waals surface area contributed by atoms with Crippen molar-refractivity contribution in [2.45, 2.75) is 0 Å². The van der Waals surface area contributed by atoms with Gasteiger partial charge >= 0.3 is 6.03 Å². The van der Waals surface area contributed by atoms with Crippen molar-refractivity contribution in [1.29, 1.82) is 0 Å². The number of carbonyl (C=O) groups is 3. The second kappa shape index (κ2) is 8.71. The Morgan fingerprint density at radius 2 is 1.64 bits per heavy atom. The maximum atomic E-state index is 12.8. The molecule has 1 N–H and O–H groups in total. The first kappa shape index (κ1) is 19.6. The van der Waals surface area contributed by atoms with Crippen molar-refractivity contribution < 1.29 is 23.9 Å². The van der Waals surface area contributed by atoms with Crippen LogP contribution in [0, 0.1) is 0 Å². The molecule has 1 aliphatic rings. The molecule has 1 aliphatic heterocycles. The van der Waals surface area contributed by atoms with Crippen LogP contribution in [0.3, 0.4) is 0 Å². The largest absolute Gasteiger partial charge is 0.497 e. The highest BCUT2D eigenvalue weighted by atomic mass is 79.9. The average Bonchev–Trinajstić information content (AvgIpc) is 2.71. The summed E-state index contributed by atoms with van der Waals surface area (Å²) in [4.78, 5) is 38.2. The van der Waals surface area contributed by atoms with Gasteiger partial charge in [-0.2, -0.15) is 0 Å². The van der Waals surface area contributed by atoms with E-state index < -0.39 is 17.8 Å². The standard InChI is InChI=1S/C20H17BrN2O5/c1-27-15-8-4-14(5-9-15)23-19(25)17(18(24)22-20(23)26)12-13-2-6-16(7-3-13)28-11-10-21/h2-9,12H,10-11H2,1H3,(H,22,24,26)/b17-12+. The number of barbiturate groups is 1. The molecule has 3 rings (SSSR count). The first-order chi connectivity index (χ1) is 13.5. The molecule has 0 aromatic heterocycles. The predicted molar refractivity (Wildman–Crippen MR) is 108 cm³/mol. The van der Waals surface area contributed by atoms with Gasteiger partial charge in [0.15, 0.2) is 0 Å². The number of urea groups is 1. The van der Waals surface area contributed by atoms with E-state index in [1.807, 2.05) is 0 Å². The number of hydrogen-bond acceptors (Lipinski definition) is 5. The minimum absolute atomic E-state index is 0.135. The molecule has 0 spiro atoms. The van der Waals surface area contributed by atoms with E-state index in [4.69, 9.17) is 9.47 Å². The lowest BCUT2D eigenvalue weighted by Crippen LogP contribution is -2.54. The van der Waals surface area contributed by atoms with Gasteiger partial charge in [-0.05, 0) is 48.0 Å². The number of anilines is 1. The molecule has 0 bridgehead atoms. The number of carbonyl (C=O) groups excluding carboxylic acids is 3. The molecule has 0 atom stereocenters. The molecule has 4 amide bonds.